The summed E-state index contributed by atoms with van der Waals surface area (Å²) < 4.78 is 15.5. The summed E-state index contributed by atoms with van der Waals surface area (Å²) in [7, 11) is 3.68. The Kier molecular flexibility index (Phi) is 11.7. The van der Waals surface area contributed by atoms with Gasteiger partial charge in [-0.2, -0.15) is 0 Å². The van der Waals surface area contributed by atoms with Crippen LogP contribution in [0, 0.1) is 0 Å². The van der Waals surface area contributed by atoms with Crippen molar-refractivity contribution in [3.05, 3.63) is 0 Å². The second kappa shape index (κ2) is 11.5. The molecule has 0 spiro atoms. The Hall–Kier alpha value is 0.451. The lowest BCUT2D eigenvalue weighted by molar-refractivity contribution is 0.149. The van der Waals surface area contributed by atoms with Crippen LogP contribution < -0.4 is 0 Å². The Bertz CT molecular complexity index is 355. The van der Waals surface area contributed by atoms with Gasteiger partial charge in [0.25, 0.3) is 0 Å². The van der Waals surface area contributed by atoms with Crippen molar-refractivity contribution in [1.29, 1.82) is 0 Å². The minimum Gasteiger partial charge on any atom is -0.393 e. The van der Waals surface area contributed by atoms with E-state index in [2.05, 4.69) is 88.1 Å². The van der Waals surface area contributed by atoms with E-state index in [1.807, 2.05) is 0 Å². The third-order valence-corrected chi connectivity index (χ3v) is 15.1. The highest BCUT2D eigenvalue weighted by molar-refractivity contribution is 6.89. The van der Waals surface area contributed by atoms with Crippen molar-refractivity contribution < 1.29 is 8.85 Å². The first-order chi connectivity index (χ1) is 11.7. The van der Waals surface area contributed by atoms with Gasteiger partial charge in [0.15, 0.2) is 0 Å². The van der Waals surface area contributed by atoms with Gasteiger partial charge in [0.1, 0.15) is 16.5 Å². The molecule has 0 radical (unpaired) electrons. The fraction of sp³-hybridized carbons (Fsp3) is 1.00. The number of likely N-dealkylation sites (N-methyl/N-ethyl adjacent to an activating group) is 2. The SMILES string of the molecule is CN(C)CCO[Si](C)(CCCN([Si](C)(C)C)[Si](C)(C)C)OCCN(C)C. The lowest BCUT2D eigenvalue weighted by Gasteiger charge is -2.44. The average Bonchev–Trinajstić information content (AvgIpc) is 2.40. The summed E-state index contributed by atoms with van der Waals surface area (Å²) in [6, 6.07) is 1.08. The fourth-order valence-corrected chi connectivity index (χ4v) is 15.2. The van der Waals surface area contributed by atoms with Crippen LogP contribution >= 0.6 is 0 Å². The second-order valence-corrected chi connectivity index (χ2v) is 23.6. The van der Waals surface area contributed by atoms with E-state index in [1.165, 1.54) is 13.0 Å². The van der Waals surface area contributed by atoms with Crippen molar-refractivity contribution in [2.24, 2.45) is 0 Å². The molecule has 0 heterocycles. The average molecular weight is 422 g/mol. The van der Waals surface area contributed by atoms with Crippen molar-refractivity contribution >= 4 is 25.0 Å². The highest BCUT2D eigenvalue weighted by atomic mass is 28.4. The minimum absolute atomic E-state index is 0.767. The maximum Gasteiger partial charge on any atom is 0.335 e. The Morgan fingerprint density at radius 1 is 0.615 bits per heavy atom. The van der Waals surface area contributed by atoms with Gasteiger partial charge in [0.2, 0.25) is 0 Å². The van der Waals surface area contributed by atoms with Gasteiger partial charge in [0, 0.05) is 26.3 Å². The molecule has 0 unspecified atom stereocenters. The van der Waals surface area contributed by atoms with Crippen molar-refractivity contribution in [1.82, 2.24) is 14.0 Å². The number of nitrogens with zero attached hydrogens (tertiary/aromatic N) is 3. The molecule has 0 aliphatic rings. The van der Waals surface area contributed by atoms with E-state index in [0.717, 1.165) is 32.3 Å². The minimum atomic E-state index is -2.12. The van der Waals surface area contributed by atoms with Crippen LogP contribution in [-0.4, -0.2) is 100 Å². The van der Waals surface area contributed by atoms with E-state index < -0.39 is 25.0 Å². The van der Waals surface area contributed by atoms with Crippen LogP contribution in [0.3, 0.4) is 0 Å². The van der Waals surface area contributed by atoms with Gasteiger partial charge >= 0.3 is 8.56 Å². The lowest BCUT2D eigenvalue weighted by atomic mass is 10.5. The molecule has 0 bridgehead atoms. The zero-order valence-electron chi connectivity index (χ0n) is 19.6. The van der Waals surface area contributed by atoms with E-state index in [9.17, 15) is 0 Å². The Morgan fingerprint density at radius 3 is 1.31 bits per heavy atom. The molecular formula is C18H47N3O2Si3. The third-order valence-electron chi connectivity index (χ3n) is 4.52. The van der Waals surface area contributed by atoms with Crippen molar-refractivity contribution in [2.75, 3.05) is 61.0 Å². The maximum absolute atomic E-state index is 6.34. The molecule has 0 rings (SSSR count). The first-order valence-corrected chi connectivity index (χ1v) is 19.4. The van der Waals surface area contributed by atoms with E-state index in [4.69, 9.17) is 8.85 Å². The first-order valence-electron chi connectivity index (χ1n) is 10.0. The summed E-state index contributed by atoms with van der Waals surface area (Å²) in [5.74, 6) is 0. The van der Waals surface area contributed by atoms with Crippen molar-refractivity contribution in [3.63, 3.8) is 0 Å². The summed E-state index contributed by atoms with van der Waals surface area (Å²) in [6.07, 6.45) is 1.18. The number of hydrogen-bond acceptors (Lipinski definition) is 5. The largest absolute Gasteiger partial charge is 0.393 e. The van der Waals surface area contributed by atoms with Crippen LogP contribution in [0.15, 0.2) is 0 Å². The van der Waals surface area contributed by atoms with Crippen molar-refractivity contribution in [2.45, 2.75) is 58.3 Å². The molecule has 0 aliphatic heterocycles. The highest BCUT2D eigenvalue weighted by Gasteiger charge is 2.36. The zero-order chi connectivity index (χ0) is 20.6. The van der Waals surface area contributed by atoms with E-state index in [-0.39, 0.29) is 0 Å². The first kappa shape index (κ1) is 26.5. The molecular weight excluding hydrogens is 374 g/mol. The molecule has 0 atom stereocenters. The molecule has 0 aromatic carbocycles. The predicted octanol–water partition coefficient (Wildman–Crippen LogP) is 3.58. The third kappa shape index (κ3) is 12.0. The van der Waals surface area contributed by atoms with Crippen molar-refractivity contribution in [3.8, 4) is 0 Å². The van der Waals surface area contributed by atoms with Crippen LogP contribution in [0.2, 0.25) is 51.9 Å². The van der Waals surface area contributed by atoms with Crippen LogP contribution in [0.1, 0.15) is 6.42 Å². The molecule has 0 amide bonds. The summed E-state index contributed by atoms with van der Waals surface area (Å²) in [6.45, 7) is 21.7. The molecule has 5 nitrogen and oxygen atoms in total. The normalized spacial score (nSPS) is 14.1. The van der Waals surface area contributed by atoms with Gasteiger partial charge < -0.3 is 22.9 Å². The maximum atomic E-state index is 6.34. The molecule has 0 saturated heterocycles. The van der Waals surface area contributed by atoms with E-state index in [1.54, 1.807) is 0 Å². The van der Waals surface area contributed by atoms with Crippen LogP contribution in [0.4, 0.5) is 0 Å². The van der Waals surface area contributed by atoms with Gasteiger partial charge in [-0.05, 0) is 53.7 Å². The standard InChI is InChI=1S/C18H47N3O2Si3/c1-19(2)14-16-22-26(11,23-17-15-20(3)4)18-12-13-21(24(5,6)7)25(8,9)10/h12-18H2,1-11H3. The van der Waals surface area contributed by atoms with E-state index in [0.29, 0.717) is 0 Å². The molecule has 0 aliphatic carbocycles. The number of rotatable bonds is 14. The molecule has 0 N–H and O–H groups in total. The Morgan fingerprint density at radius 2 is 1.00 bits per heavy atom. The lowest BCUT2D eigenvalue weighted by Crippen LogP contribution is -2.59. The quantitative estimate of drug-likeness (QED) is 0.400. The van der Waals surface area contributed by atoms with Gasteiger partial charge in [-0.25, -0.2) is 0 Å². The topological polar surface area (TPSA) is 28.2 Å². The molecule has 0 fully saturated rings. The van der Waals surface area contributed by atoms with Gasteiger partial charge in [0.05, 0.1) is 0 Å². The smallest absolute Gasteiger partial charge is 0.335 e. The zero-order valence-corrected chi connectivity index (χ0v) is 22.6. The van der Waals surface area contributed by atoms with Crippen LogP contribution in [0.5, 0.6) is 0 Å². The Balaban J connectivity index is 4.77. The predicted molar refractivity (Wildman–Crippen MR) is 123 cm³/mol. The van der Waals surface area contributed by atoms with Gasteiger partial charge in [-0.3, -0.25) is 0 Å². The second-order valence-electron chi connectivity index (χ2n) is 10.0. The molecule has 26 heavy (non-hydrogen) atoms. The summed E-state index contributed by atoms with van der Waals surface area (Å²) in [5.41, 5.74) is 0. The van der Waals surface area contributed by atoms with E-state index >= 15 is 0 Å². The summed E-state index contributed by atoms with van der Waals surface area (Å²) >= 11 is 0. The Labute approximate surface area is 167 Å². The van der Waals surface area contributed by atoms with Crippen LogP contribution in [0.25, 0.3) is 0 Å². The summed E-state index contributed by atoms with van der Waals surface area (Å²) in [4.78, 5) is 4.35. The van der Waals surface area contributed by atoms with Gasteiger partial charge in [-0.1, -0.05) is 39.3 Å². The molecule has 8 heteroatoms. The molecule has 158 valence electrons. The molecule has 0 aromatic heterocycles. The molecule has 0 saturated carbocycles. The highest BCUT2D eigenvalue weighted by Crippen LogP contribution is 2.23. The number of hydrogen-bond donors (Lipinski definition) is 0. The summed E-state index contributed by atoms with van der Waals surface area (Å²) in [5, 5.41) is 0. The fourth-order valence-electron chi connectivity index (χ4n) is 3.31. The molecule has 0 aromatic rings. The van der Waals surface area contributed by atoms with Crippen LogP contribution in [-0.2, 0) is 8.85 Å². The monoisotopic (exact) mass is 421 g/mol. The van der Waals surface area contributed by atoms with Gasteiger partial charge in [-0.15, -0.1) is 0 Å².